The number of hydrogen-bond donors (Lipinski definition) is 1. The third-order valence-corrected chi connectivity index (χ3v) is 8.75. The molecule has 0 unspecified atom stereocenters. The summed E-state index contributed by atoms with van der Waals surface area (Å²) >= 11 is 0. The molecule has 3 heterocycles. The van der Waals surface area contributed by atoms with Gasteiger partial charge in [0.15, 0.2) is 0 Å². The molecule has 0 bridgehead atoms. The lowest BCUT2D eigenvalue weighted by atomic mass is 10.1. The van der Waals surface area contributed by atoms with Crippen molar-refractivity contribution >= 4 is 23.2 Å². The van der Waals surface area contributed by atoms with Crippen LogP contribution in [0, 0.1) is 11.6 Å². The van der Waals surface area contributed by atoms with Gasteiger partial charge < -0.3 is 24.6 Å². The first-order valence-corrected chi connectivity index (χ1v) is 15.6. The minimum absolute atomic E-state index is 0.0400. The second-order valence-electron chi connectivity index (χ2n) is 11.9. The van der Waals surface area contributed by atoms with Gasteiger partial charge in [-0.25, -0.2) is 13.8 Å². The van der Waals surface area contributed by atoms with Crippen LogP contribution in [0.5, 0.6) is 11.5 Å². The lowest BCUT2D eigenvalue weighted by molar-refractivity contribution is 0.0595. The second-order valence-corrected chi connectivity index (χ2v) is 11.9. The number of ether oxygens (including phenoxy) is 2. The van der Waals surface area contributed by atoms with Crippen LogP contribution in [0.1, 0.15) is 45.8 Å². The Bertz CT molecular complexity index is 1790. The van der Waals surface area contributed by atoms with Crippen molar-refractivity contribution < 1.29 is 27.8 Å². The summed E-state index contributed by atoms with van der Waals surface area (Å²) < 4.78 is 40.7. The van der Waals surface area contributed by atoms with Gasteiger partial charge in [-0.3, -0.25) is 14.5 Å². The molecule has 1 N–H and O–H groups in total. The Morgan fingerprint density at radius 1 is 0.915 bits per heavy atom. The monoisotopic (exact) mass is 641 g/mol. The Hall–Kier alpha value is -5.03. The van der Waals surface area contributed by atoms with E-state index >= 15 is 0 Å². The number of anilines is 2. The topological polar surface area (TPSA) is 87.2 Å². The number of aromatic nitrogens is 1. The van der Waals surface area contributed by atoms with E-state index in [9.17, 15) is 18.4 Å². The van der Waals surface area contributed by atoms with Gasteiger partial charge in [-0.1, -0.05) is 6.07 Å². The summed E-state index contributed by atoms with van der Waals surface area (Å²) in [5, 5.41) is 3.26. The summed E-state index contributed by atoms with van der Waals surface area (Å²) in [7, 11) is 3.11. The van der Waals surface area contributed by atoms with E-state index < -0.39 is 11.6 Å². The SMILES string of the molecule is COc1ccc(CN2Cc3nc(-c4c(F)cccc4F)cc(Nc4ccc(C(=O)N5CCN(C(C)C)CC5)cc4)c3C2=O)c(OC)c1. The van der Waals surface area contributed by atoms with E-state index in [2.05, 4.69) is 29.0 Å². The van der Waals surface area contributed by atoms with Crippen molar-refractivity contribution in [2.24, 2.45) is 0 Å². The van der Waals surface area contributed by atoms with E-state index in [1.165, 1.54) is 24.3 Å². The van der Waals surface area contributed by atoms with Gasteiger partial charge in [0.05, 0.1) is 55.5 Å². The van der Waals surface area contributed by atoms with Crippen LogP contribution in [0.4, 0.5) is 20.2 Å². The van der Waals surface area contributed by atoms with Crippen molar-refractivity contribution in [3.05, 3.63) is 101 Å². The van der Waals surface area contributed by atoms with Crippen molar-refractivity contribution in [1.82, 2.24) is 19.7 Å². The maximum Gasteiger partial charge on any atom is 0.258 e. The molecular weight excluding hydrogens is 604 g/mol. The predicted molar refractivity (Wildman–Crippen MR) is 175 cm³/mol. The largest absolute Gasteiger partial charge is 0.497 e. The van der Waals surface area contributed by atoms with Crippen molar-refractivity contribution in [2.45, 2.75) is 33.0 Å². The zero-order valence-corrected chi connectivity index (χ0v) is 26.8. The smallest absolute Gasteiger partial charge is 0.258 e. The molecule has 2 aliphatic heterocycles. The molecule has 9 nitrogen and oxygen atoms in total. The van der Waals surface area contributed by atoms with Gasteiger partial charge >= 0.3 is 0 Å². The van der Waals surface area contributed by atoms with Crippen LogP contribution < -0.4 is 14.8 Å². The van der Waals surface area contributed by atoms with Crippen LogP contribution >= 0.6 is 0 Å². The molecule has 47 heavy (non-hydrogen) atoms. The number of carbonyl (C=O) groups excluding carboxylic acids is 2. The molecule has 0 spiro atoms. The summed E-state index contributed by atoms with van der Waals surface area (Å²) in [6.07, 6.45) is 0. The molecule has 0 radical (unpaired) electrons. The van der Waals surface area contributed by atoms with Crippen LogP contribution in [-0.2, 0) is 13.1 Å². The summed E-state index contributed by atoms with van der Waals surface area (Å²) in [6, 6.07) is 17.9. The van der Waals surface area contributed by atoms with E-state index in [1.54, 1.807) is 55.5 Å². The Morgan fingerprint density at radius 2 is 1.62 bits per heavy atom. The molecular formula is C36H37F2N5O4. The molecule has 4 aromatic rings. The van der Waals surface area contributed by atoms with Crippen LogP contribution in [0.2, 0.25) is 0 Å². The normalized spacial score (nSPS) is 14.8. The van der Waals surface area contributed by atoms with Gasteiger partial charge in [0.1, 0.15) is 23.1 Å². The first-order chi connectivity index (χ1) is 22.7. The summed E-state index contributed by atoms with van der Waals surface area (Å²) in [4.78, 5) is 37.5. The Morgan fingerprint density at radius 3 is 2.26 bits per heavy atom. The number of amides is 2. The van der Waals surface area contributed by atoms with Gasteiger partial charge in [-0.05, 0) is 68.4 Å². The highest BCUT2D eigenvalue weighted by atomic mass is 19.1. The number of methoxy groups -OCH3 is 2. The number of rotatable bonds is 9. The van der Waals surface area contributed by atoms with Gasteiger partial charge in [0, 0.05) is 55.1 Å². The Kier molecular flexibility index (Phi) is 9.08. The number of carbonyl (C=O) groups is 2. The molecule has 6 rings (SSSR count). The highest BCUT2D eigenvalue weighted by Gasteiger charge is 2.34. The van der Waals surface area contributed by atoms with Gasteiger partial charge in [0.25, 0.3) is 11.8 Å². The van der Waals surface area contributed by atoms with E-state index in [1.807, 2.05) is 11.0 Å². The molecule has 244 valence electrons. The number of fused-ring (bicyclic) bond motifs is 1. The van der Waals surface area contributed by atoms with Crippen molar-refractivity contribution in [1.29, 1.82) is 0 Å². The third kappa shape index (κ3) is 6.48. The van der Waals surface area contributed by atoms with E-state index in [-0.39, 0.29) is 36.2 Å². The lowest BCUT2D eigenvalue weighted by Crippen LogP contribution is -2.50. The Labute approximate surface area is 272 Å². The molecule has 1 saturated heterocycles. The maximum absolute atomic E-state index is 14.9. The quantitative estimate of drug-likeness (QED) is 0.236. The number of nitrogens with zero attached hydrogens (tertiary/aromatic N) is 4. The average molecular weight is 642 g/mol. The van der Waals surface area contributed by atoms with Crippen LogP contribution in [0.15, 0.2) is 66.7 Å². The Balaban J connectivity index is 1.29. The molecule has 0 atom stereocenters. The minimum Gasteiger partial charge on any atom is -0.497 e. The summed E-state index contributed by atoms with van der Waals surface area (Å²) in [6.45, 7) is 7.63. The number of benzene rings is 3. The standard InChI is InChI=1S/C36H37F2N5O4/c1-22(2)41-14-16-42(17-15-41)35(44)23-8-11-25(12-9-23)39-30-19-29(33-27(37)6-5-7-28(33)38)40-31-21-43(36(45)34(30)31)20-24-10-13-26(46-3)18-32(24)47-4/h5-13,18-19,22H,14-17,20-21H2,1-4H3,(H,39,40). The van der Waals surface area contributed by atoms with Crippen molar-refractivity contribution in [3.8, 4) is 22.8 Å². The average Bonchev–Trinajstić information content (AvgIpc) is 3.39. The minimum atomic E-state index is -0.760. The third-order valence-electron chi connectivity index (χ3n) is 8.75. The number of piperazine rings is 1. The molecule has 2 amide bonds. The van der Waals surface area contributed by atoms with Crippen molar-refractivity contribution in [3.63, 3.8) is 0 Å². The van der Waals surface area contributed by atoms with E-state index in [0.717, 1.165) is 18.7 Å². The lowest BCUT2D eigenvalue weighted by Gasteiger charge is -2.37. The zero-order valence-electron chi connectivity index (χ0n) is 26.8. The fourth-order valence-electron chi connectivity index (χ4n) is 6.12. The van der Waals surface area contributed by atoms with Crippen molar-refractivity contribution in [2.75, 3.05) is 45.7 Å². The van der Waals surface area contributed by atoms with E-state index in [4.69, 9.17) is 9.47 Å². The molecule has 1 fully saturated rings. The second kappa shape index (κ2) is 13.4. The number of pyridine rings is 1. The molecule has 11 heteroatoms. The molecule has 0 aliphatic carbocycles. The molecule has 1 aromatic heterocycles. The van der Waals surface area contributed by atoms with Gasteiger partial charge in [-0.15, -0.1) is 0 Å². The highest BCUT2D eigenvalue weighted by molar-refractivity contribution is 6.04. The highest BCUT2D eigenvalue weighted by Crippen LogP contribution is 2.37. The maximum atomic E-state index is 14.9. The predicted octanol–water partition coefficient (Wildman–Crippen LogP) is 6.11. The molecule has 2 aliphatic rings. The summed E-state index contributed by atoms with van der Waals surface area (Å²) in [5.41, 5.74) is 2.74. The van der Waals surface area contributed by atoms with E-state index in [0.29, 0.717) is 58.8 Å². The number of nitrogens with one attached hydrogen (secondary N) is 1. The van der Waals surface area contributed by atoms with Crippen LogP contribution in [-0.4, -0.2) is 77.9 Å². The van der Waals surface area contributed by atoms with Gasteiger partial charge in [0.2, 0.25) is 0 Å². The molecule has 3 aromatic carbocycles. The summed E-state index contributed by atoms with van der Waals surface area (Å²) in [5.74, 6) is -0.672. The fraction of sp³-hybridized carbons (Fsp3) is 0.306. The van der Waals surface area contributed by atoms with Crippen LogP contribution in [0.25, 0.3) is 11.3 Å². The number of hydrogen-bond acceptors (Lipinski definition) is 7. The first kappa shape index (κ1) is 31.9. The first-order valence-electron chi connectivity index (χ1n) is 15.6. The fourth-order valence-corrected chi connectivity index (χ4v) is 6.12. The molecule has 0 saturated carbocycles. The zero-order chi connectivity index (χ0) is 33.2. The van der Waals surface area contributed by atoms with Gasteiger partial charge in [-0.2, -0.15) is 0 Å². The van der Waals surface area contributed by atoms with Crippen LogP contribution in [0.3, 0.4) is 0 Å². The number of halogens is 2.